The Balaban J connectivity index is 2.09. The van der Waals surface area contributed by atoms with Gasteiger partial charge in [0.05, 0.1) is 13.2 Å². The van der Waals surface area contributed by atoms with Gasteiger partial charge in [-0.05, 0) is 13.8 Å². The highest BCUT2D eigenvalue weighted by Gasteiger charge is 2.52. The molecule has 0 saturated carbocycles. The summed E-state index contributed by atoms with van der Waals surface area (Å²) in [5, 5.41) is 2.68. The van der Waals surface area contributed by atoms with Crippen LogP contribution in [0.3, 0.4) is 0 Å². The number of esters is 1. The van der Waals surface area contributed by atoms with Crippen LogP contribution in [0.5, 0.6) is 0 Å². The molecule has 2 aliphatic heterocycles. The van der Waals surface area contributed by atoms with E-state index in [1.165, 1.54) is 7.11 Å². The van der Waals surface area contributed by atoms with Crippen LogP contribution < -0.4 is 5.32 Å². The number of carbonyl (C=O) groups is 2. The van der Waals surface area contributed by atoms with E-state index >= 15 is 0 Å². The van der Waals surface area contributed by atoms with Crippen molar-refractivity contribution >= 4 is 11.9 Å². The highest BCUT2D eigenvalue weighted by Crippen LogP contribution is 2.33. The molecule has 0 spiro atoms. The third-order valence-electron chi connectivity index (χ3n) is 2.71. The van der Waals surface area contributed by atoms with E-state index in [9.17, 15) is 9.59 Å². The lowest BCUT2D eigenvalue weighted by Crippen LogP contribution is -2.58. The number of carbonyl (C=O) groups excluding carboxylic acids is 2. The average Bonchev–Trinajstić information content (AvgIpc) is 2.48. The van der Waals surface area contributed by atoms with E-state index in [0.29, 0.717) is 6.42 Å². The number of rotatable bonds is 2. The van der Waals surface area contributed by atoms with Gasteiger partial charge >= 0.3 is 5.97 Å². The molecule has 16 heavy (non-hydrogen) atoms. The molecule has 2 rings (SSSR count). The lowest BCUT2D eigenvalue weighted by molar-refractivity contribution is -0.168. The molecule has 0 aromatic carbocycles. The third-order valence-corrected chi connectivity index (χ3v) is 2.71. The second-order valence-electron chi connectivity index (χ2n) is 4.42. The summed E-state index contributed by atoms with van der Waals surface area (Å²) in [6.07, 6.45) is -0.886. The number of β-lactam (4-membered cyclic amide) rings is 1. The van der Waals surface area contributed by atoms with E-state index < -0.39 is 24.0 Å². The average molecular weight is 229 g/mol. The van der Waals surface area contributed by atoms with Crippen molar-refractivity contribution in [3.8, 4) is 0 Å². The van der Waals surface area contributed by atoms with Crippen molar-refractivity contribution in [3.63, 3.8) is 0 Å². The van der Waals surface area contributed by atoms with Crippen molar-refractivity contribution in [2.24, 2.45) is 0 Å². The normalized spacial score (nSPS) is 36.4. The van der Waals surface area contributed by atoms with Gasteiger partial charge < -0.3 is 19.5 Å². The minimum atomic E-state index is -0.830. The maximum atomic E-state index is 11.5. The van der Waals surface area contributed by atoms with Crippen LogP contribution in [-0.4, -0.2) is 43.0 Å². The first-order valence-corrected chi connectivity index (χ1v) is 5.16. The first kappa shape index (κ1) is 11.3. The van der Waals surface area contributed by atoms with E-state index in [1.807, 2.05) is 0 Å². The fourth-order valence-corrected chi connectivity index (χ4v) is 1.97. The molecule has 2 saturated heterocycles. The van der Waals surface area contributed by atoms with Crippen molar-refractivity contribution in [2.45, 2.75) is 44.3 Å². The Bertz CT molecular complexity index is 319. The molecule has 0 aliphatic carbocycles. The molecule has 2 fully saturated rings. The largest absolute Gasteiger partial charge is 0.467 e. The zero-order valence-corrected chi connectivity index (χ0v) is 9.48. The zero-order valence-electron chi connectivity index (χ0n) is 9.48. The Kier molecular flexibility index (Phi) is 2.63. The molecule has 1 amide bonds. The van der Waals surface area contributed by atoms with Gasteiger partial charge in [0, 0.05) is 6.42 Å². The standard InChI is InChI=1S/C10H15NO5/c1-10(2)15-7(5-4-6(12)11-5)8(16-10)9(13)14-3/h5,7-8H,4H2,1-3H3,(H,11,12)/t5-,7-,8-/m0/s1. The van der Waals surface area contributed by atoms with Gasteiger partial charge in [-0.25, -0.2) is 4.79 Å². The van der Waals surface area contributed by atoms with Gasteiger partial charge in [0.25, 0.3) is 0 Å². The molecule has 6 nitrogen and oxygen atoms in total. The molecule has 6 heteroatoms. The maximum absolute atomic E-state index is 11.5. The second kappa shape index (κ2) is 3.71. The summed E-state index contributed by atoms with van der Waals surface area (Å²) in [5.41, 5.74) is 0. The van der Waals surface area contributed by atoms with Crippen LogP contribution in [0, 0.1) is 0 Å². The van der Waals surface area contributed by atoms with Crippen LogP contribution in [0.2, 0.25) is 0 Å². The molecular weight excluding hydrogens is 214 g/mol. The number of nitrogens with one attached hydrogen (secondary N) is 1. The quantitative estimate of drug-likeness (QED) is 0.513. The lowest BCUT2D eigenvalue weighted by Gasteiger charge is -2.32. The van der Waals surface area contributed by atoms with Gasteiger partial charge in [-0.15, -0.1) is 0 Å². The van der Waals surface area contributed by atoms with Gasteiger partial charge in [0.15, 0.2) is 11.9 Å². The topological polar surface area (TPSA) is 73.9 Å². The SMILES string of the molecule is COC(=O)[C@H]1OC(C)(C)O[C@H]1[C@@H]1CC(=O)N1. The number of methoxy groups -OCH3 is 1. The Morgan fingerprint density at radius 1 is 1.50 bits per heavy atom. The summed E-state index contributed by atoms with van der Waals surface area (Å²) in [6.45, 7) is 3.45. The predicted octanol–water partition coefficient (Wildman–Crippen LogP) is -0.432. The molecule has 1 N–H and O–H groups in total. The monoisotopic (exact) mass is 229 g/mol. The smallest absolute Gasteiger partial charge is 0.337 e. The van der Waals surface area contributed by atoms with E-state index in [-0.39, 0.29) is 11.9 Å². The van der Waals surface area contributed by atoms with Crippen molar-refractivity contribution in [2.75, 3.05) is 7.11 Å². The van der Waals surface area contributed by atoms with Gasteiger partial charge in [0.2, 0.25) is 5.91 Å². The minimum absolute atomic E-state index is 0.0399. The molecule has 90 valence electrons. The fraction of sp³-hybridized carbons (Fsp3) is 0.800. The summed E-state index contributed by atoms with van der Waals surface area (Å²) < 4.78 is 15.7. The first-order valence-electron chi connectivity index (χ1n) is 5.16. The summed E-state index contributed by atoms with van der Waals surface area (Å²) in [4.78, 5) is 22.3. The Morgan fingerprint density at radius 3 is 2.62 bits per heavy atom. The maximum Gasteiger partial charge on any atom is 0.337 e. The molecule has 0 unspecified atom stereocenters. The lowest BCUT2D eigenvalue weighted by atomic mass is 9.96. The highest BCUT2D eigenvalue weighted by atomic mass is 16.8. The van der Waals surface area contributed by atoms with Gasteiger partial charge in [-0.3, -0.25) is 4.79 Å². The molecular formula is C10H15NO5. The van der Waals surface area contributed by atoms with Gasteiger partial charge in [0.1, 0.15) is 6.10 Å². The van der Waals surface area contributed by atoms with Gasteiger partial charge in [-0.2, -0.15) is 0 Å². The number of hydrogen-bond acceptors (Lipinski definition) is 5. The van der Waals surface area contributed by atoms with Crippen LogP contribution in [0.15, 0.2) is 0 Å². The molecule has 0 radical (unpaired) electrons. The second-order valence-corrected chi connectivity index (χ2v) is 4.42. The van der Waals surface area contributed by atoms with Crippen LogP contribution >= 0.6 is 0 Å². The van der Waals surface area contributed by atoms with Crippen molar-refractivity contribution in [1.29, 1.82) is 0 Å². The summed E-state index contributed by atoms with van der Waals surface area (Å²) in [7, 11) is 1.30. The molecule has 3 atom stereocenters. The third kappa shape index (κ3) is 1.90. The molecule has 0 bridgehead atoms. The van der Waals surface area contributed by atoms with Gasteiger partial charge in [-0.1, -0.05) is 0 Å². The highest BCUT2D eigenvalue weighted by molar-refractivity contribution is 5.84. The van der Waals surface area contributed by atoms with Crippen molar-refractivity contribution in [3.05, 3.63) is 0 Å². The minimum Gasteiger partial charge on any atom is -0.467 e. The molecule has 0 aromatic heterocycles. The van der Waals surface area contributed by atoms with Crippen LogP contribution in [0.4, 0.5) is 0 Å². The van der Waals surface area contributed by atoms with Crippen LogP contribution in [-0.2, 0) is 23.8 Å². The van der Waals surface area contributed by atoms with E-state index in [2.05, 4.69) is 10.1 Å². The first-order chi connectivity index (χ1) is 7.43. The predicted molar refractivity (Wildman–Crippen MR) is 52.4 cm³/mol. The number of ether oxygens (including phenoxy) is 3. The Morgan fingerprint density at radius 2 is 2.12 bits per heavy atom. The summed E-state index contributed by atoms with van der Waals surface area (Å²) in [5.74, 6) is -1.34. The van der Waals surface area contributed by atoms with E-state index in [4.69, 9.17) is 9.47 Å². The summed E-state index contributed by atoms with van der Waals surface area (Å²) in [6, 6.07) is -0.168. The Labute approximate surface area is 93.2 Å². The van der Waals surface area contributed by atoms with Crippen molar-refractivity contribution in [1.82, 2.24) is 5.32 Å². The van der Waals surface area contributed by atoms with E-state index in [0.717, 1.165) is 0 Å². The molecule has 2 heterocycles. The zero-order chi connectivity index (χ0) is 11.9. The van der Waals surface area contributed by atoms with E-state index in [1.54, 1.807) is 13.8 Å². The summed E-state index contributed by atoms with van der Waals surface area (Å²) >= 11 is 0. The van der Waals surface area contributed by atoms with Crippen LogP contribution in [0.1, 0.15) is 20.3 Å². The number of hydrogen-bond donors (Lipinski definition) is 1. The van der Waals surface area contributed by atoms with Crippen molar-refractivity contribution < 1.29 is 23.8 Å². The number of amides is 1. The Hall–Kier alpha value is -1.14. The molecule has 2 aliphatic rings. The fourth-order valence-electron chi connectivity index (χ4n) is 1.97. The molecule has 0 aromatic rings. The van der Waals surface area contributed by atoms with Crippen LogP contribution in [0.25, 0.3) is 0 Å².